The number of phenolic OH excluding ortho intramolecular Hbond substituents is 1. The number of fused-ring (bicyclic) bond motifs is 2. The fourth-order valence-electron chi connectivity index (χ4n) is 6.13. The lowest BCUT2D eigenvalue weighted by molar-refractivity contribution is 0.0726. The number of para-hydroxylation sites is 1. The number of benzene rings is 4. The molecule has 206 valence electrons. The first-order chi connectivity index (χ1) is 19.9. The van der Waals surface area contributed by atoms with Gasteiger partial charge in [-0.25, -0.2) is 4.39 Å². The summed E-state index contributed by atoms with van der Waals surface area (Å²) in [7, 11) is 2.15. The normalized spacial score (nSPS) is 16.4. The number of H-pyrrole nitrogens is 1. The van der Waals surface area contributed by atoms with E-state index in [0.717, 1.165) is 53.8 Å². The largest absolute Gasteiger partial charge is 0.508 e. The zero-order valence-electron chi connectivity index (χ0n) is 22.8. The van der Waals surface area contributed by atoms with Crippen LogP contribution in [0.15, 0.2) is 91.0 Å². The molecule has 41 heavy (non-hydrogen) atoms. The molecule has 3 heterocycles. The van der Waals surface area contributed by atoms with Crippen LogP contribution in [0, 0.1) is 5.82 Å². The molecule has 4 aromatic carbocycles. The van der Waals surface area contributed by atoms with Gasteiger partial charge in [-0.15, -0.1) is 0 Å². The minimum atomic E-state index is -0.690. The molecular weight excluding hydrogens is 515 g/mol. The molecule has 0 bridgehead atoms. The molecule has 0 aliphatic carbocycles. The van der Waals surface area contributed by atoms with Crippen molar-refractivity contribution in [3.05, 3.63) is 119 Å². The van der Waals surface area contributed by atoms with Crippen LogP contribution in [-0.4, -0.2) is 59.0 Å². The predicted molar refractivity (Wildman–Crippen MR) is 160 cm³/mol. The van der Waals surface area contributed by atoms with Gasteiger partial charge in [-0.2, -0.15) is 0 Å². The van der Waals surface area contributed by atoms with Crippen LogP contribution in [0.1, 0.15) is 33.2 Å². The molecule has 1 amide bonds. The average molecular weight is 547 g/mol. The number of nitrogens with one attached hydrogen (secondary N) is 1. The molecule has 6 nitrogen and oxygen atoms in total. The molecule has 1 fully saturated rings. The number of halogens is 1. The molecule has 1 atom stereocenters. The van der Waals surface area contributed by atoms with E-state index < -0.39 is 11.9 Å². The third-order valence-corrected chi connectivity index (χ3v) is 8.45. The van der Waals surface area contributed by atoms with Crippen LogP contribution < -0.4 is 4.90 Å². The molecule has 0 radical (unpaired) electrons. The summed E-state index contributed by atoms with van der Waals surface area (Å²) >= 11 is 0. The standard InChI is InChI=1S/C34H31FN4O2/c1-37-14-16-38(17-15-37)27-11-8-22(9-12-27)23-6-7-25-21-39(34(41)28(25)18-23)33(29-20-26(35)10-13-32(29)40)31-19-24-4-2-3-5-30(24)36-31/h2-13,18-20,33,36,40H,14-17,21H2,1H3. The molecule has 0 saturated carbocycles. The second-order valence-electron chi connectivity index (χ2n) is 11.1. The van der Waals surface area contributed by atoms with Gasteiger partial charge in [0.25, 0.3) is 5.91 Å². The van der Waals surface area contributed by atoms with Gasteiger partial charge < -0.3 is 24.8 Å². The third kappa shape index (κ3) is 4.62. The van der Waals surface area contributed by atoms with Crippen molar-refractivity contribution >= 4 is 22.5 Å². The topological polar surface area (TPSA) is 62.8 Å². The summed E-state index contributed by atoms with van der Waals surface area (Å²) in [4.78, 5) is 23.9. The number of likely N-dealkylation sites (N-methyl/N-ethyl adjacent to an activating group) is 1. The van der Waals surface area contributed by atoms with Gasteiger partial charge in [0, 0.05) is 60.7 Å². The first-order valence-corrected chi connectivity index (χ1v) is 14.0. The van der Waals surface area contributed by atoms with Crippen molar-refractivity contribution < 1.29 is 14.3 Å². The summed E-state index contributed by atoms with van der Waals surface area (Å²) in [6.45, 7) is 4.48. The zero-order valence-corrected chi connectivity index (χ0v) is 22.8. The Balaban J connectivity index is 1.22. The minimum Gasteiger partial charge on any atom is -0.508 e. The van der Waals surface area contributed by atoms with Crippen molar-refractivity contribution in [1.82, 2.24) is 14.8 Å². The number of carbonyl (C=O) groups is 1. The number of rotatable bonds is 5. The van der Waals surface area contributed by atoms with Crippen LogP contribution in [-0.2, 0) is 6.54 Å². The molecule has 1 unspecified atom stereocenters. The lowest BCUT2D eigenvalue weighted by Crippen LogP contribution is -2.44. The van der Waals surface area contributed by atoms with Crippen LogP contribution in [0.25, 0.3) is 22.0 Å². The van der Waals surface area contributed by atoms with Crippen LogP contribution in [0.4, 0.5) is 10.1 Å². The summed E-state index contributed by atoms with van der Waals surface area (Å²) in [5.41, 5.74) is 6.74. The van der Waals surface area contributed by atoms with Crippen LogP contribution >= 0.6 is 0 Å². The Kier molecular flexibility index (Phi) is 6.24. The number of hydrogen-bond donors (Lipinski definition) is 2. The number of phenols is 1. The molecule has 1 aromatic heterocycles. The number of anilines is 1. The van der Waals surface area contributed by atoms with Crippen LogP contribution in [0.5, 0.6) is 5.75 Å². The van der Waals surface area contributed by atoms with Gasteiger partial charge in [0.1, 0.15) is 17.6 Å². The van der Waals surface area contributed by atoms with E-state index in [2.05, 4.69) is 52.2 Å². The number of nitrogens with zero attached hydrogens (tertiary/aromatic N) is 3. The van der Waals surface area contributed by atoms with E-state index in [0.29, 0.717) is 23.4 Å². The molecule has 1 saturated heterocycles. The molecular formula is C34H31FN4O2. The first kappa shape index (κ1) is 25.4. The van der Waals surface area contributed by atoms with Crippen molar-refractivity contribution in [3.8, 4) is 16.9 Å². The van der Waals surface area contributed by atoms with Crippen molar-refractivity contribution in [2.75, 3.05) is 38.1 Å². The number of hydrogen-bond acceptors (Lipinski definition) is 4. The smallest absolute Gasteiger partial charge is 0.255 e. The Bertz CT molecular complexity index is 1720. The first-order valence-electron chi connectivity index (χ1n) is 14.0. The van der Waals surface area contributed by atoms with Gasteiger partial charge in [0.05, 0.1) is 0 Å². The maximum Gasteiger partial charge on any atom is 0.255 e. The summed E-state index contributed by atoms with van der Waals surface area (Å²) in [5.74, 6) is -0.673. The van der Waals surface area contributed by atoms with Gasteiger partial charge in [0.2, 0.25) is 0 Å². The van der Waals surface area contributed by atoms with Crippen LogP contribution in [0.2, 0.25) is 0 Å². The average Bonchev–Trinajstić information content (AvgIpc) is 3.56. The molecule has 0 spiro atoms. The van der Waals surface area contributed by atoms with E-state index in [-0.39, 0.29) is 11.7 Å². The number of aromatic amines is 1. The molecule has 5 aromatic rings. The number of amides is 1. The SMILES string of the molecule is CN1CCN(c2ccc(-c3ccc4c(c3)C(=O)N(C(c3cc5ccccc5[nH]3)c3cc(F)ccc3O)C4)cc2)CC1. The highest BCUT2D eigenvalue weighted by Crippen LogP contribution is 2.41. The second-order valence-corrected chi connectivity index (χ2v) is 11.1. The Hall–Kier alpha value is -4.62. The number of aromatic nitrogens is 1. The highest BCUT2D eigenvalue weighted by Gasteiger charge is 2.37. The minimum absolute atomic E-state index is 0.0556. The second kappa shape index (κ2) is 10.1. The molecule has 2 aliphatic heterocycles. The summed E-state index contributed by atoms with van der Waals surface area (Å²) in [6, 6.07) is 27.5. The monoisotopic (exact) mass is 546 g/mol. The number of piperazine rings is 1. The predicted octanol–water partition coefficient (Wildman–Crippen LogP) is 6.18. The van der Waals surface area contributed by atoms with Crippen molar-refractivity contribution in [1.29, 1.82) is 0 Å². The highest BCUT2D eigenvalue weighted by molar-refractivity contribution is 6.00. The molecule has 7 heteroatoms. The van der Waals surface area contributed by atoms with Gasteiger partial charge in [-0.1, -0.05) is 42.5 Å². The van der Waals surface area contributed by atoms with E-state index in [1.54, 1.807) is 4.90 Å². The lowest BCUT2D eigenvalue weighted by Gasteiger charge is -2.34. The van der Waals surface area contributed by atoms with Gasteiger partial charge in [0.15, 0.2) is 0 Å². The van der Waals surface area contributed by atoms with Gasteiger partial charge in [-0.05, 0) is 77.7 Å². The van der Waals surface area contributed by atoms with E-state index in [9.17, 15) is 14.3 Å². The highest BCUT2D eigenvalue weighted by atomic mass is 19.1. The third-order valence-electron chi connectivity index (χ3n) is 8.45. The van der Waals surface area contributed by atoms with E-state index in [1.807, 2.05) is 42.5 Å². The van der Waals surface area contributed by atoms with E-state index in [4.69, 9.17) is 0 Å². The number of aromatic hydroxyl groups is 1. The Labute approximate surface area is 238 Å². The quantitative estimate of drug-likeness (QED) is 0.277. The van der Waals surface area contributed by atoms with Crippen molar-refractivity contribution in [3.63, 3.8) is 0 Å². The van der Waals surface area contributed by atoms with Crippen LogP contribution in [0.3, 0.4) is 0 Å². The van der Waals surface area contributed by atoms with E-state index >= 15 is 0 Å². The summed E-state index contributed by atoms with van der Waals surface area (Å²) in [5, 5.41) is 11.8. The van der Waals surface area contributed by atoms with E-state index in [1.165, 1.54) is 23.9 Å². The van der Waals surface area contributed by atoms with Crippen molar-refractivity contribution in [2.45, 2.75) is 12.6 Å². The maximum atomic E-state index is 14.4. The Morgan fingerprint density at radius 2 is 1.61 bits per heavy atom. The number of carbonyl (C=O) groups excluding carboxylic acids is 1. The fourth-order valence-corrected chi connectivity index (χ4v) is 6.13. The van der Waals surface area contributed by atoms with Crippen molar-refractivity contribution in [2.24, 2.45) is 0 Å². The Morgan fingerprint density at radius 3 is 2.39 bits per heavy atom. The lowest BCUT2D eigenvalue weighted by atomic mass is 10.00. The summed E-state index contributed by atoms with van der Waals surface area (Å²) < 4.78 is 14.4. The molecule has 2 aliphatic rings. The van der Waals surface area contributed by atoms with Gasteiger partial charge >= 0.3 is 0 Å². The zero-order chi connectivity index (χ0) is 28.1. The Morgan fingerprint density at radius 1 is 0.854 bits per heavy atom. The molecule has 7 rings (SSSR count). The summed E-state index contributed by atoms with van der Waals surface area (Å²) in [6.07, 6.45) is 0. The molecule has 2 N–H and O–H groups in total. The fraction of sp³-hybridized carbons (Fsp3) is 0.206. The maximum absolute atomic E-state index is 14.4. The van der Waals surface area contributed by atoms with Gasteiger partial charge in [-0.3, -0.25) is 4.79 Å².